The van der Waals surface area contributed by atoms with Gasteiger partial charge in [0.2, 0.25) is 5.95 Å². The Morgan fingerprint density at radius 1 is 1.11 bits per heavy atom. The summed E-state index contributed by atoms with van der Waals surface area (Å²) in [5, 5.41) is 5.48. The summed E-state index contributed by atoms with van der Waals surface area (Å²) < 4.78 is 19.5. The summed E-state index contributed by atoms with van der Waals surface area (Å²) in [6, 6.07) is 14.5. The van der Waals surface area contributed by atoms with E-state index in [1.807, 2.05) is 49.2 Å². The summed E-state index contributed by atoms with van der Waals surface area (Å²) in [4.78, 5) is 26.9. The number of nitrogens with zero attached hydrogens (tertiary/aromatic N) is 3. The predicted octanol–water partition coefficient (Wildman–Crippen LogP) is 6.05. The molecule has 2 amide bonds. The molecule has 2 aromatic carbocycles. The number of pyridine rings is 1. The number of urea groups is 1. The highest BCUT2D eigenvalue weighted by Crippen LogP contribution is 2.33. The van der Waals surface area contributed by atoms with Gasteiger partial charge in [0.15, 0.2) is 0 Å². The van der Waals surface area contributed by atoms with Gasteiger partial charge in [0.25, 0.3) is 0 Å². The first-order chi connectivity index (χ1) is 17.4. The highest BCUT2D eigenvalue weighted by Gasteiger charge is 2.17. The summed E-state index contributed by atoms with van der Waals surface area (Å²) in [5.74, 6) is 0.0664. The van der Waals surface area contributed by atoms with Crippen molar-refractivity contribution in [3.8, 4) is 22.5 Å². The molecule has 0 aliphatic heterocycles. The van der Waals surface area contributed by atoms with E-state index in [0.29, 0.717) is 37.1 Å². The average Bonchev–Trinajstić information content (AvgIpc) is 3.32. The fourth-order valence-corrected chi connectivity index (χ4v) is 3.71. The van der Waals surface area contributed by atoms with Crippen LogP contribution in [-0.4, -0.2) is 47.8 Å². The van der Waals surface area contributed by atoms with Crippen LogP contribution in [0.1, 0.15) is 6.92 Å². The molecule has 10 heteroatoms. The highest BCUT2D eigenvalue weighted by atomic mass is 35.5. The van der Waals surface area contributed by atoms with E-state index in [4.69, 9.17) is 21.3 Å². The minimum atomic E-state index is -0.620. The topological polar surface area (TPSA) is 95.2 Å². The smallest absolute Gasteiger partial charge is 0.323 e. The number of imidazole rings is 1. The standard InChI is InChI=1S/C26H26ClFN6O2/c1-3-36-14-13-34(2)25-32-23(17-9-11-29-12-10-17)24(33-25)18-5-4-6-20(15-18)30-26(35)31-22-8-7-19(27)16-21(22)28/h4-12,15-16H,3,13-14H2,1-2H3,(H,32,33)(H2,30,31,35). The lowest BCUT2D eigenvalue weighted by Crippen LogP contribution is -2.23. The van der Waals surface area contributed by atoms with E-state index in [0.717, 1.165) is 22.9 Å². The van der Waals surface area contributed by atoms with Crippen molar-refractivity contribution >= 4 is 35.0 Å². The SMILES string of the molecule is CCOCCN(C)c1nc(-c2cccc(NC(=O)Nc3ccc(Cl)cc3F)c2)c(-c2ccncc2)[nH]1. The first-order valence-electron chi connectivity index (χ1n) is 11.4. The van der Waals surface area contributed by atoms with Crippen LogP contribution in [0, 0.1) is 5.82 Å². The number of aromatic nitrogens is 3. The fraction of sp³-hybridized carbons (Fsp3) is 0.192. The number of rotatable bonds is 9. The molecule has 4 rings (SSSR count). The minimum Gasteiger partial charge on any atom is -0.380 e. The molecule has 2 heterocycles. The Hall–Kier alpha value is -3.95. The van der Waals surface area contributed by atoms with Crippen molar-refractivity contribution < 1.29 is 13.9 Å². The number of nitrogens with one attached hydrogen (secondary N) is 3. The van der Waals surface area contributed by atoms with Crippen LogP contribution in [0.5, 0.6) is 0 Å². The molecule has 0 bridgehead atoms. The number of halogens is 2. The zero-order valence-electron chi connectivity index (χ0n) is 19.9. The molecule has 0 atom stereocenters. The number of anilines is 3. The van der Waals surface area contributed by atoms with Gasteiger partial charge >= 0.3 is 6.03 Å². The maximum atomic E-state index is 14.1. The lowest BCUT2D eigenvalue weighted by atomic mass is 10.1. The molecule has 0 spiro atoms. The average molecular weight is 509 g/mol. The normalized spacial score (nSPS) is 10.8. The number of aromatic amines is 1. The molecule has 8 nitrogen and oxygen atoms in total. The molecule has 0 saturated carbocycles. The van der Waals surface area contributed by atoms with Crippen LogP contribution in [0.4, 0.5) is 26.5 Å². The summed E-state index contributed by atoms with van der Waals surface area (Å²) in [6.45, 7) is 3.85. The fourth-order valence-electron chi connectivity index (χ4n) is 3.55. The molecule has 186 valence electrons. The van der Waals surface area contributed by atoms with Gasteiger partial charge in [-0.1, -0.05) is 23.7 Å². The number of H-pyrrole nitrogens is 1. The summed E-state index contributed by atoms with van der Waals surface area (Å²) in [5.41, 5.74) is 3.80. The van der Waals surface area contributed by atoms with Gasteiger partial charge in [0, 0.05) is 54.4 Å². The van der Waals surface area contributed by atoms with Crippen LogP contribution in [-0.2, 0) is 4.74 Å². The zero-order chi connectivity index (χ0) is 25.5. The lowest BCUT2D eigenvalue weighted by molar-refractivity contribution is 0.154. The van der Waals surface area contributed by atoms with Crippen LogP contribution in [0.3, 0.4) is 0 Å². The highest BCUT2D eigenvalue weighted by molar-refractivity contribution is 6.30. The van der Waals surface area contributed by atoms with Crippen LogP contribution in [0.15, 0.2) is 67.0 Å². The molecule has 36 heavy (non-hydrogen) atoms. The largest absolute Gasteiger partial charge is 0.380 e. The van der Waals surface area contributed by atoms with E-state index in [2.05, 4.69) is 20.6 Å². The number of amides is 2. The molecule has 0 saturated heterocycles. The summed E-state index contributed by atoms with van der Waals surface area (Å²) in [6.07, 6.45) is 3.44. The van der Waals surface area contributed by atoms with Crippen molar-refractivity contribution in [1.29, 1.82) is 0 Å². The number of hydrogen-bond donors (Lipinski definition) is 3. The van der Waals surface area contributed by atoms with E-state index in [1.54, 1.807) is 18.5 Å². The van der Waals surface area contributed by atoms with Gasteiger partial charge in [-0.05, 0) is 49.4 Å². The number of likely N-dealkylation sites (N-methyl/N-ethyl adjacent to an activating group) is 1. The van der Waals surface area contributed by atoms with Crippen LogP contribution >= 0.6 is 11.6 Å². The number of carbonyl (C=O) groups is 1. The van der Waals surface area contributed by atoms with Crippen molar-refractivity contribution in [2.75, 3.05) is 42.3 Å². The first-order valence-corrected chi connectivity index (χ1v) is 11.7. The summed E-state index contributed by atoms with van der Waals surface area (Å²) >= 11 is 5.78. The third-order valence-electron chi connectivity index (χ3n) is 5.37. The molecule has 4 aromatic rings. The second-order valence-corrected chi connectivity index (χ2v) is 8.36. The van der Waals surface area contributed by atoms with Crippen molar-refractivity contribution in [1.82, 2.24) is 15.0 Å². The number of ether oxygens (including phenoxy) is 1. The van der Waals surface area contributed by atoms with Gasteiger partial charge in [0.1, 0.15) is 5.82 Å². The maximum Gasteiger partial charge on any atom is 0.323 e. The third-order valence-corrected chi connectivity index (χ3v) is 5.61. The second-order valence-electron chi connectivity index (χ2n) is 7.92. The van der Waals surface area contributed by atoms with E-state index in [-0.39, 0.29) is 10.7 Å². The Morgan fingerprint density at radius 3 is 2.67 bits per heavy atom. The number of carbonyl (C=O) groups excluding carboxylic acids is 1. The monoisotopic (exact) mass is 508 g/mol. The number of hydrogen-bond acceptors (Lipinski definition) is 5. The van der Waals surface area contributed by atoms with Gasteiger partial charge in [-0.15, -0.1) is 0 Å². The van der Waals surface area contributed by atoms with Crippen molar-refractivity contribution in [3.63, 3.8) is 0 Å². The van der Waals surface area contributed by atoms with Crippen LogP contribution in [0.25, 0.3) is 22.5 Å². The minimum absolute atomic E-state index is 0.0278. The Labute approximate surface area is 213 Å². The molecule has 2 aromatic heterocycles. The molecule has 3 N–H and O–H groups in total. The van der Waals surface area contributed by atoms with Crippen molar-refractivity contribution in [2.24, 2.45) is 0 Å². The van der Waals surface area contributed by atoms with Crippen LogP contribution < -0.4 is 15.5 Å². The molecule has 0 fully saturated rings. The third kappa shape index (κ3) is 6.18. The second kappa shape index (κ2) is 11.7. The van der Waals surface area contributed by atoms with Gasteiger partial charge in [-0.25, -0.2) is 14.2 Å². The lowest BCUT2D eigenvalue weighted by Gasteiger charge is -2.15. The quantitative estimate of drug-likeness (QED) is 0.239. The Morgan fingerprint density at radius 2 is 1.92 bits per heavy atom. The summed E-state index contributed by atoms with van der Waals surface area (Å²) in [7, 11) is 1.94. The Kier molecular flexibility index (Phi) is 8.14. The van der Waals surface area contributed by atoms with Crippen molar-refractivity contribution in [3.05, 3.63) is 77.8 Å². The van der Waals surface area contributed by atoms with Gasteiger partial charge < -0.3 is 25.3 Å². The van der Waals surface area contributed by atoms with E-state index >= 15 is 0 Å². The van der Waals surface area contributed by atoms with Crippen molar-refractivity contribution in [2.45, 2.75) is 6.92 Å². The van der Waals surface area contributed by atoms with Gasteiger partial charge in [0.05, 0.1) is 23.7 Å². The molecular formula is C26H26ClFN6O2. The van der Waals surface area contributed by atoms with E-state index in [1.165, 1.54) is 12.1 Å². The van der Waals surface area contributed by atoms with Crippen LogP contribution in [0.2, 0.25) is 5.02 Å². The molecular weight excluding hydrogens is 483 g/mol. The van der Waals surface area contributed by atoms with Gasteiger partial charge in [-0.3, -0.25) is 4.98 Å². The zero-order valence-corrected chi connectivity index (χ0v) is 20.6. The first kappa shape index (κ1) is 25.2. The van der Waals surface area contributed by atoms with E-state index < -0.39 is 11.8 Å². The number of benzene rings is 2. The molecule has 0 radical (unpaired) electrons. The van der Waals surface area contributed by atoms with E-state index in [9.17, 15) is 9.18 Å². The molecule has 0 aliphatic rings. The predicted molar refractivity (Wildman–Crippen MR) is 141 cm³/mol. The van der Waals surface area contributed by atoms with Gasteiger partial charge in [-0.2, -0.15) is 0 Å². The Balaban J connectivity index is 1.59. The maximum absolute atomic E-state index is 14.1. The molecule has 0 unspecified atom stereocenters. The Bertz CT molecular complexity index is 1330. The molecule has 0 aliphatic carbocycles.